The molecule has 6 nitrogen and oxygen atoms in total. The number of carbonyl (C=O) groups is 1. The van der Waals surface area contributed by atoms with Crippen molar-refractivity contribution in [2.75, 3.05) is 44.6 Å². The van der Waals surface area contributed by atoms with Gasteiger partial charge in [-0.2, -0.15) is 0 Å². The maximum Gasteiger partial charge on any atom is 0.223 e. The standard InChI is InChI=1S/C13H22N4O2S/c1-11(19)14-13-15-12(10-20-13)9-17-4-2-3-16(5-6-17)7-8-18/h10,18H,2-9H2,1H3,(H,14,15,19). The molecule has 2 heterocycles. The molecular formula is C13H22N4O2S. The first-order valence-electron chi connectivity index (χ1n) is 6.95. The lowest BCUT2D eigenvalue weighted by molar-refractivity contribution is -0.114. The minimum absolute atomic E-state index is 0.0830. The molecule has 2 N–H and O–H groups in total. The average molecular weight is 298 g/mol. The van der Waals surface area contributed by atoms with Crippen LogP contribution in [-0.4, -0.2) is 65.1 Å². The van der Waals surface area contributed by atoms with Crippen molar-refractivity contribution in [1.82, 2.24) is 14.8 Å². The lowest BCUT2D eigenvalue weighted by Crippen LogP contribution is -2.32. The van der Waals surface area contributed by atoms with Crippen molar-refractivity contribution in [3.05, 3.63) is 11.1 Å². The van der Waals surface area contributed by atoms with E-state index in [2.05, 4.69) is 20.1 Å². The van der Waals surface area contributed by atoms with Crippen molar-refractivity contribution < 1.29 is 9.90 Å². The van der Waals surface area contributed by atoms with Gasteiger partial charge in [0.25, 0.3) is 0 Å². The summed E-state index contributed by atoms with van der Waals surface area (Å²) < 4.78 is 0. The van der Waals surface area contributed by atoms with Crippen molar-refractivity contribution in [2.24, 2.45) is 0 Å². The van der Waals surface area contributed by atoms with Crippen LogP contribution in [0.5, 0.6) is 0 Å². The Labute approximate surface area is 123 Å². The van der Waals surface area contributed by atoms with Crippen molar-refractivity contribution in [3.8, 4) is 0 Å². The number of anilines is 1. The Morgan fingerprint density at radius 2 is 2.15 bits per heavy atom. The van der Waals surface area contributed by atoms with Crippen molar-refractivity contribution in [3.63, 3.8) is 0 Å². The topological polar surface area (TPSA) is 68.7 Å². The monoisotopic (exact) mass is 298 g/mol. The first kappa shape index (κ1) is 15.4. The molecule has 7 heteroatoms. The summed E-state index contributed by atoms with van der Waals surface area (Å²) in [6.45, 7) is 7.38. The van der Waals surface area contributed by atoms with Gasteiger partial charge in [-0.3, -0.25) is 14.6 Å². The smallest absolute Gasteiger partial charge is 0.223 e. The summed E-state index contributed by atoms with van der Waals surface area (Å²) in [7, 11) is 0. The molecule has 0 saturated carbocycles. The van der Waals surface area contributed by atoms with Crippen LogP contribution in [0, 0.1) is 0 Å². The summed E-state index contributed by atoms with van der Waals surface area (Å²) in [6.07, 6.45) is 1.11. The average Bonchev–Trinajstić information content (AvgIpc) is 2.69. The lowest BCUT2D eigenvalue weighted by atomic mass is 10.3. The van der Waals surface area contributed by atoms with Crippen LogP contribution in [0.3, 0.4) is 0 Å². The Morgan fingerprint density at radius 3 is 2.90 bits per heavy atom. The third-order valence-corrected chi connectivity index (χ3v) is 4.12. The van der Waals surface area contributed by atoms with Gasteiger partial charge in [0.1, 0.15) is 0 Å². The van der Waals surface area contributed by atoms with Gasteiger partial charge in [0.05, 0.1) is 12.3 Å². The third kappa shape index (κ3) is 4.82. The largest absolute Gasteiger partial charge is 0.395 e. The van der Waals surface area contributed by atoms with E-state index in [9.17, 15) is 4.79 Å². The molecule has 20 heavy (non-hydrogen) atoms. The number of aromatic nitrogens is 1. The van der Waals surface area contributed by atoms with Gasteiger partial charge >= 0.3 is 0 Å². The molecule has 1 aromatic rings. The second kappa shape index (κ2) is 7.68. The molecule has 1 aliphatic rings. The van der Waals surface area contributed by atoms with E-state index in [-0.39, 0.29) is 12.5 Å². The zero-order chi connectivity index (χ0) is 14.4. The zero-order valence-corrected chi connectivity index (χ0v) is 12.7. The lowest BCUT2D eigenvalue weighted by Gasteiger charge is -2.20. The molecule has 1 aliphatic heterocycles. The summed E-state index contributed by atoms with van der Waals surface area (Å²) in [6, 6.07) is 0. The molecule has 0 spiro atoms. The highest BCUT2D eigenvalue weighted by atomic mass is 32.1. The van der Waals surface area contributed by atoms with Gasteiger partial charge in [0.15, 0.2) is 5.13 Å². The molecule has 0 bridgehead atoms. The number of amides is 1. The van der Waals surface area contributed by atoms with E-state index in [1.807, 2.05) is 5.38 Å². The number of carbonyl (C=O) groups excluding carboxylic acids is 1. The number of thiazole rings is 1. The summed E-state index contributed by atoms with van der Waals surface area (Å²) in [4.78, 5) is 20.1. The normalized spacial score (nSPS) is 17.9. The fourth-order valence-electron chi connectivity index (χ4n) is 2.36. The second-order valence-electron chi connectivity index (χ2n) is 5.02. The summed E-state index contributed by atoms with van der Waals surface area (Å²) in [5.74, 6) is -0.0830. The number of aliphatic hydroxyl groups is 1. The molecule has 1 fully saturated rings. The highest BCUT2D eigenvalue weighted by molar-refractivity contribution is 7.13. The summed E-state index contributed by atoms with van der Waals surface area (Å²) >= 11 is 1.47. The predicted octanol–water partition coefficient (Wildman–Crippen LogP) is 0.601. The van der Waals surface area contributed by atoms with E-state index in [1.54, 1.807) is 0 Å². The highest BCUT2D eigenvalue weighted by Crippen LogP contribution is 2.17. The Morgan fingerprint density at radius 1 is 1.40 bits per heavy atom. The van der Waals surface area contributed by atoms with Gasteiger partial charge in [0.2, 0.25) is 5.91 Å². The number of hydrogen-bond donors (Lipinski definition) is 2. The molecule has 2 rings (SSSR count). The minimum Gasteiger partial charge on any atom is -0.395 e. The zero-order valence-electron chi connectivity index (χ0n) is 11.8. The van der Waals surface area contributed by atoms with E-state index in [1.165, 1.54) is 18.3 Å². The Bertz CT molecular complexity index is 438. The Hall–Kier alpha value is -1.02. The maximum absolute atomic E-state index is 11.0. The van der Waals surface area contributed by atoms with E-state index >= 15 is 0 Å². The van der Waals surface area contributed by atoms with E-state index in [4.69, 9.17) is 5.11 Å². The molecule has 0 aromatic carbocycles. The molecule has 1 aromatic heterocycles. The minimum atomic E-state index is -0.0830. The molecule has 1 saturated heterocycles. The summed E-state index contributed by atoms with van der Waals surface area (Å²) in [5, 5.41) is 14.4. The van der Waals surface area contributed by atoms with E-state index in [0.29, 0.717) is 5.13 Å². The number of β-amino-alcohol motifs (C(OH)–C–C–N with tert-alkyl or cyclic N) is 1. The van der Waals surface area contributed by atoms with Crippen molar-refractivity contribution in [2.45, 2.75) is 19.9 Å². The Balaban J connectivity index is 1.83. The number of hydrogen-bond acceptors (Lipinski definition) is 6. The quantitative estimate of drug-likeness (QED) is 0.833. The van der Waals surface area contributed by atoms with Crippen LogP contribution in [-0.2, 0) is 11.3 Å². The number of nitrogens with one attached hydrogen (secondary N) is 1. The van der Waals surface area contributed by atoms with Crippen LogP contribution < -0.4 is 5.32 Å². The first-order chi connectivity index (χ1) is 9.67. The molecule has 0 atom stereocenters. The fourth-order valence-corrected chi connectivity index (χ4v) is 3.11. The Kier molecular flexibility index (Phi) is 5.90. The predicted molar refractivity (Wildman–Crippen MR) is 79.8 cm³/mol. The maximum atomic E-state index is 11.0. The molecule has 1 amide bonds. The van der Waals surface area contributed by atoms with Crippen molar-refractivity contribution in [1.29, 1.82) is 0 Å². The van der Waals surface area contributed by atoms with E-state index in [0.717, 1.165) is 51.4 Å². The van der Waals surface area contributed by atoms with Crippen LogP contribution in [0.4, 0.5) is 5.13 Å². The molecule has 112 valence electrons. The van der Waals surface area contributed by atoms with Crippen LogP contribution in [0.2, 0.25) is 0 Å². The van der Waals surface area contributed by atoms with Crippen LogP contribution >= 0.6 is 11.3 Å². The first-order valence-corrected chi connectivity index (χ1v) is 7.83. The van der Waals surface area contributed by atoms with Gasteiger partial charge < -0.3 is 10.4 Å². The molecule has 0 unspecified atom stereocenters. The van der Waals surface area contributed by atoms with Gasteiger partial charge in [-0.25, -0.2) is 4.98 Å². The second-order valence-corrected chi connectivity index (χ2v) is 5.88. The van der Waals surface area contributed by atoms with Gasteiger partial charge in [0, 0.05) is 38.5 Å². The summed E-state index contributed by atoms with van der Waals surface area (Å²) in [5.41, 5.74) is 1.01. The van der Waals surface area contributed by atoms with Crippen LogP contribution in [0.25, 0.3) is 0 Å². The number of aliphatic hydroxyl groups excluding tert-OH is 1. The van der Waals surface area contributed by atoms with Crippen LogP contribution in [0.15, 0.2) is 5.38 Å². The molecule has 0 aliphatic carbocycles. The fraction of sp³-hybridized carbons (Fsp3) is 0.692. The van der Waals surface area contributed by atoms with E-state index < -0.39 is 0 Å². The number of rotatable bonds is 5. The van der Waals surface area contributed by atoms with Crippen LogP contribution in [0.1, 0.15) is 19.0 Å². The molecular weight excluding hydrogens is 276 g/mol. The molecule has 0 radical (unpaired) electrons. The highest BCUT2D eigenvalue weighted by Gasteiger charge is 2.15. The SMILES string of the molecule is CC(=O)Nc1nc(CN2CCCN(CCO)CC2)cs1. The van der Waals surface area contributed by atoms with Gasteiger partial charge in [-0.15, -0.1) is 11.3 Å². The van der Waals surface area contributed by atoms with Gasteiger partial charge in [-0.1, -0.05) is 0 Å². The van der Waals surface area contributed by atoms with Gasteiger partial charge in [-0.05, 0) is 19.5 Å². The number of nitrogens with zero attached hydrogens (tertiary/aromatic N) is 3. The van der Waals surface area contributed by atoms with Crippen molar-refractivity contribution >= 4 is 22.4 Å². The third-order valence-electron chi connectivity index (χ3n) is 3.32.